The molecule has 1 atom stereocenters. The second-order valence-electron chi connectivity index (χ2n) is 5.65. The van der Waals surface area contributed by atoms with Gasteiger partial charge in [0.1, 0.15) is 0 Å². The molecular weight excluding hydrogens is 315 g/mol. The van der Waals surface area contributed by atoms with Gasteiger partial charge in [0.25, 0.3) is 5.91 Å². The van der Waals surface area contributed by atoms with Crippen molar-refractivity contribution in [2.45, 2.75) is 39.3 Å². The highest BCUT2D eigenvalue weighted by Gasteiger charge is 2.24. The average Bonchev–Trinajstić information content (AvgIpc) is 2.31. The molecule has 0 fully saturated rings. The number of hydrogen-bond acceptors (Lipinski definition) is 4. The Morgan fingerprint density at radius 1 is 1.29 bits per heavy atom. The van der Waals surface area contributed by atoms with E-state index in [1.54, 1.807) is 0 Å². The third-order valence-electron chi connectivity index (χ3n) is 2.42. The zero-order valence-electron chi connectivity index (χ0n) is 12.3. The topological polar surface area (TPSA) is 81.4 Å². The molecule has 1 aromatic rings. The van der Waals surface area contributed by atoms with Gasteiger partial charge in [-0.3, -0.25) is 4.79 Å². The molecule has 1 unspecified atom stereocenters. The number of ether oxygens (including phenoxy) is 1. The van der Waals surface area contributed by atoms with Gasteiger partial charge >= 0.3 is 5.97 Å². The average molecular weight is 333 g/mol. The SMILES string of the molecule is CC(OC(=O)c1cc(N)cc(Cl)c1Cl)C(=O)NC(C)(C)C. The van der Waals surface area contributed by atoms with E-state index in [1.165, 1.54) is 19.1 Å². The van der Waals surface area contributed by atoms with Crippen LogP contribution in [-0.4, -0.2) is 23.5 Å². The van der Waals surface area contributed by atoms with Crippen molar-refractivity contribution in [1.82, 2.24) is 5.32 Å². The fourth-order valence-corrected chi connectivity index (χ4v) is 1.92. The van der Waals surface area contributed by atoms with Crippen molar-refractivity contribution < 1.29 is 14.3 Å². The number of rotatable bonds is 3. The minimum atomic E-state index is -0.965. The molecule has 0 saturated carbocycles. The molecular formula is C14H18Cl2N2O3. The quantitative estimate of drug-likeness (QED) is 0.658. The van der Waals surface area contributed by atoms with Crippen molar-refractivity contribution in [1.29, 1.82) is 0 Å². The number of nitrogen functional groups attached to an aromatic ring is 1. The Kier molecular flexibility index (Phi) is 5.48. The summed E-state index contributed by atoms with van der Waals surface area (Å²) in [4.78, 5) is 23.9. The van der Waals surface area contributed by atoms with Crippen LogP contribution in [0.2, 0.25) is 10.0 Å². The van der Waals surface area contributed by atoms with Crippen LogP contribution >= 0.6 is 23.2 Å². The number of hydrogen-bond donors (Lipinski definition) is 2. The van der Waals surface area contributed by atoms with Crippen molar-refractivity contribution in [3.8, 4) is 0 Å². The molecule has 116 valence electrons. The van der Waals surface area contributed by atoms with Crippen LogP contribution in [0.15, 0.2) is 12.1 Å². The van der Waals surface area contributed by atoms with E-state index < -0.39 is 23.5 Å². The summed E-state index contributed by atoms with van der Waals surface area (Å²) in [5.41, 5.74) is 5.49. The Morgan fingerprint density at radius 3 is 2.38 bits per heavy atom. The molecule has 5 nitrogen and oxygen atoms in total. The van der Waals surface area contributed by atoms with Gasteiger partial charge < -0.3 is 15.8 Å². The third-order valence-corrected chi connectivity index (χ3v) is 3.22. The monoisotopic (exact) mass is 332 g/mol. The van der Waals surface area contributed by atoms with Gasteiger partial charge in [0, 0.05) is 11.2 Å². The smallest absolute Gasteiger partial charge is 0.340 e. The summed E-state index contributed by atoms with van der Waals surface area (Å²) in [6, 6.07) is 2.78. The zero-order chi connectivity index (χ0) is 16.4. The zero-order valence-corrected chi connectivity index (χ0v) is 13.8. The second-order valence-corrected chi connectivity index (χ2v) is 6.44. The summed E-state index contributed by atoms with van der Waals surface area (Å²) in [6.07, 6.45) is -0.965. The second kappa shape index (κ2) is 6.54. The number of amides is 1. The molecule has 1 amide bonds. The highest BCUT2D eigenvalue weighted by atomic mass is 35.5. The van der Waals surface area contributed by atoms with Crippen LogP contribution in [0.5, 0.6) is 0 Å². The molecule has 21 heavy (non-hydrogen) atoms. The maximum atomic E-state index is 12.0. The summed E-state index contributed by atoms with van der Waals surface area (Å²) < 4.78 is 5.09. The first kappa shape index (κ1) is 17.6. The molecule has 0 aliphatic carbocycles. The van der Waals surface area contributed by atoms with E-state index in [0.29, 0.717) is 0 Å². The number of nitrogens with one attached hydrogen (secondary N) is 1. The maximum Gasteiger partial charge on any atom is 0.340 e. The van der Waals surface area contributed by atoms with Gasteiger partial charge in [0.2, 0.25) is 0 Å². The predicted molar refractivity (Wildman–Crippen MR) is 83.6 cm³/mol. The summed E-state index contributed by atoms with van der Waals surface area (Å²) in [6.45, 7) is 6.96. The van der Waals surface area contributed by atoms with E-state index >= 15 is 0 Å². The van der Waals surface area contributed by atoms with Crippen molar-refractivity contribution in [3.05, 3.63) is 27.7 Å². The van der Waals surface area contributed by atoms with Crippen molar-refractivity contribution in [3.63, 3.8) is 0 Å². The lowest BCUT2D eigenvalue weighted by atomic mass is 10.1. The summed E-state index contributed by atoms with van der Waals surface area (Å²) >= 11 is 11.8. The molecule has 0 spiro atoms. The number of halogens is 2. The number of carbonyl (C=O) groups excluding carboxylic acids is 2. The van der Waals surface area contributed by atoms with Gasteiger partial charge in [-0.2, -0.15) is 0 Å². The van der Waals surface area contributed by atoms with Crippen LogP contribution in [0.3, 0.4) is 0 Å². The largest absolute Gasteiger partial charge is 0.449 e. The predicted octanol–water partition coefficient (Wildman–Crippen LogP) is 3.04. The van der Waals surface area contributed by atoms with Gasteiger partial charge in [-0.1, -0.05) is 23.2 Å². The van der Waals surface area contributed by atoms with Crippen molar-refractivity contribution in [2.75, 3.05) is 5.73 Å². The Labute approximate surface area is 133 Å². The molecule has 0 bridgehead atoms. The molecule has 3 N–H and O–H groups in total. The maximum absolute atomic E-state index is 12.0. The third kappa shape index (κ3) is 5.10. The molecule has 0 radical (unpaired) electrons. The summed E-state index contributed by atoms with van der Waals surface area (Å²) in [5, 5.41) is 2.90. The van der Waals surface area contributed by atoms with E-state index in [4.69, 9.17) is 33.7 Å². The van der Waals surface area contributed by atoms with Crippen LogP contribution in [0.4, 0.5) is 5.69 Å². The van der Waals surface area contributed by atoms with Crippen LogP contribution in [0.1, 0.15) is 38.1 Å². The van der Waals surface area contributed by atoms with E-state index in [2.05, 4.69) is 5.32 Å². The first-order valence-corrected chi connectivity index (χ1v) is 7.04. The van der Waals surface area contributed by atoms with E-state index in [0.717, 1.165) is 0 Å². The number of anilines is 1. The van der Waals surface area contributed by atoms with Crippen LogP contribution in [-0.2, 0) is 9.53 Å². The van der Waals surface area contributed by atoms with Crippen molar-refractivity contribution >= 4 is 40.8 Å². The highest BCUT2D eigenvalue weighted by molar-refractivity contribution is 6.44. The molecule has 1 rings (SSSR count). The lowest BCUT2D eigenvalue weighted by Crippen LogP contribution is -2.46. The fourth-order valence-electron chi connectivity index (χ4n) is 1.51. The molecule has 0 aromatic heterocycles. The minimum Gasteiger partial charge on any atom is -0.449 e. The lowest BCUT2D eigenvalue weighted by molar-refractivity contribution is -0.130. The van der Waals surface area contributed by atoms with Crippen LogP contribution < -0.4 is 11.1 Å². The Hall–Kier alpha value is -1.46. The van der Waals surface area contributed by atoms with Crippen LogP contribution in [0.25, 0.3) is 0 Å². The van der Waals surface area contributed by atoms with E-state index in [9.17, 15) is 9.59 Å². The Morgan fingerprint density at radius 2 is 1.86 bits per heavy atom. The molecule has 1 aromatic carbocycles. The first-order valence-electron chi connectivity index (χ1n) is 6.29. The molecule has 0 aliphatic heterocycles. The van der Waals surface area contributed by atoms with Crippen LogP contribution in [0, 0.1) is 0 Å². The van der Waals surface area contributed by atoms with Gasteiger partial charge in [-0.05, 0) is 39.8 Å². The van der Waals surface area contributed by atoms with Crippen molar-refractivity contribution in [2.24, 2.45) is 0 Å². The van der Waals surface area contributed by atoms with Gasteiger partial charge in [-0.15, -0.1) is 0 Å². The van der Waals surface area contributed by atoms with E-state index in [-0.39, 0.29) is 21.3 Å². The summed E-state index contributed by atoms with van der Waals surface area (Å²) in [7, 11) is 0. The normalized spacial score (nSPS) is 12.7. The lowest BCUT2D eigenvalue weighted by Gasteiger charge is -2.23. The standard InChI is InChI=1S/C14H18Cl2N2O3/c1-7(12(19)18-14(2,3)4)21-13(20)9-5-8(17)6-10(15)11(9)16/h5-7H,17H2,1-4H3,(H,18,19). The molecule has 0 saturated heterocycles. The number of carbonyl (C=O) groups is 2. The summed E-state index contributed by atoms with van der Waals surface area (Å²) in [5.74, 6) is -1.16. The minimum absolute atomic E-state index is 0.0251. The number of benzene rings is 1. The molecule has 0 heterocycles. The first-order chi connectivity index (χ1) is 9.51. The number of esters is 1. The Balaban J connectivity index is 2.85. The molecule has 0 aliphatic rings. The number of nitrogens with two attached hydrogens (primary N) is 1. The van der Waals surface area contributed by atoms with Gasteiger partial charge in [-0.25, -0.2) is 4.79 Å². The van der Waals surface area contributed by atoms with Gasteiger partial charge in [0.05, 0.1) is 15.6 Å². The highest BCUT2D eigenvalue weighted by Crippen LogP contribution is 2.29. The fraction of sp³-hybridized carbons (Fsp3) is 0.429. The Bertz CT molecular complexity index is 568. The van der Waals surface area contributed by atoms with Gasteiger partial charge in [0.15, 0.2) is 6.10 Å². The molecule has 7 heteroatoms. The van der Waals surface area contributed by atoms with E-state index in [1.807, 2.05) is 20.8 Å².